The molecule has 0 amide bonds. The summed E-state index contributed by atoms with van der Waals surface area (Å²) in [5.41, 5.74) is 1.40. The minimum atomic E-state index is 0.289. The van der Waals surface area contributed by atoms with E-state index in [2.05, 4.69) is 43.3 Å². The minimum Gasteiger partial charge on any atom is -0.373 e. The third kappa shape index (κ3) is 3.37. The van der Waals surface area contributed by atoms with E-state index in [4.69, 9.17) is 4.98 Å². The van der Waals surface area contributed by atoms with Crippen molar-refractivity contribution < 1.29 is 0 Å². The van der Waals surface area contributed by atoms with Gasteiger partial charge in [0.25, 0.3) is 0 Å². The summed E-state index contributed by atoms with van der Waals surface area (Å²) in [6.45, 7) is 9.79. The molecule has 0 aromatic carbocycles. The van der Waals surface area contributed by atoms with E-state index in [1.165, 1.54) is 12.8 Å². The Balaban J connectivity index is 2.20. The lowest BCUT2D eigenvalue weighted by molar-refractivity contribution is 0.376. The van der Waals surface area contributed by atoms with E-state index in [1.807, 2.05) is 7.05 Å². The number of anilines is 2. The van der Waals surface area contributed by atoms with Crippen LogP contribution in [0.1, 0.15) is 57.3 Å². The molecule has 0 spiro atoms. The van der Waals surface area contributed by atoms with Crippen LogP contribution in [0, 0.1) is 12.3 Å². The number of nitrogens with zero attached hydrogens (tertiary/aromatic N) is 2. The Morgan fingerprint density at radius 2 is 1.84 bits per heavy atom. The highest BCUT2D eigenvalue weighted by Gasteiger charge is 2.28. The first kappa shape index (κ1) is 14.1. The lowest BCUT2D eigenvalue weighted by atomic mass is 9.90. The maximum Gasteiger partial charge on any atom is 0.136 e. The first-order chi connectivity index (χ1) is 8.96. The van der Waals surface area contributed by atoms with Crippen LogP contribution in [-0.4, -0.2) is 23.6 Å². The van der Waals surface area contributed by atoms with Crippen LogP contribution in [0.5, 0.6) is 0 Å². The predicted molar refractivity (Wildman–Crippen MR) is 80.9 cm³/mol. The molecule has 1 aliphatic rings. The molecule has 1 saturated carbocycles. The van der Waals surface area contributed by atoms with E-state index in [0.717, 1.165) is 36.0 Å². The minimum absolute atomic E-state index is 0.289. The third-order valence-corrected chi connectivity index (χ3v) is 4.03. The summed E-state index contributed by atoms with van der Waals surface area (Å²) in [6, 6.07) is 0. The van der Waals surface area contributed by atoms with Gasteiger partial charge in [0, 0.05) is 25.1 Å². The lowest BCUT2D eigenvalue weighted by Crippen LogP contribution is -2.23. The number of nitrogens with one attached hydrogen (secondary N) is 2. The number of rotatable bonds is 6. The maximum atomic E-state index is 4.72. The fraction of sp³-hybridized carbons (Fsp3) is 0.733. The van der Waals surface area contributed by atoms with Crippen LogP contribution in [0.4, 0.5) is 11.6 Å². The molecule has 0 aliphatic heterocycles. The summed E-state index contributed by atoms with van der Waals surface area (Å²) in [5.74, 6) is 3.51. The molecule has 1 aliphatic carbocycles. The summed E-state index contributed by atoms with van der Waals surface area (Å²) in [5, 5.41) is 6.69. The Labute approximate surface area is 116 Å². The largest absolute Gasteiger partial charge is 0.373 e. The molecule has 2 rings (SSSR count). The molecule has 2 N–H and O–H groups in total. The molecule has 0 radical (unpaired) electrons. The molecule has 1 heterocycles. The molecule has 1 aromatic rings. The van der Waals surface area contributed by atoms with Gasteiger partial charge in [-0.2, -0.15) is 0 Å². The molecule has 1 aromatic heterocycles. The van der Waals surface area contributed by atoms with Crippen LogP contribution in [0.3, 0.4) is 0 Å². The molecule has 106 valence electrons. The number of hydrogen-bond donors (Lipinski definition) is 2. The van der Waals surface area contributed by atoms with Crippen LogP contribution in [0.15, 0.2) is 0 Å². The summed E-state index contributed by atoms with van der Waals surface area (Å²) in [6.07, 6.45) is 3.61. The second-order valence-corrected chi connectivity index (χ2v) is 6.30. The molecule has 4 nitrogen and oxygen atoms in total. The van der Waals surface area contributed by atoms with Crippen molar-refractivity contribution >= 4 is 11.6 Å². The highest BCUT2D eigenvalue weighted by Crippen LogP contribution is 2.39. The Morgan fingerprint density at radius 1 is 1.21 bits per heavy atom. The van der Waals surface area contributed by atoms with Crippen molar-refractivity contribution in [1.82, 2.24) is 9.97 Å². The van der Waals surface area contributed by atoms with Gasteiger partial charge in [-0.15, -0.1) is 0 Å². The van der Waals surface area contributed by atoms with Gasteiger partial charge in [-0.25, -0.2) is 9.97 Å². The van der Waals surface area contributed by atoms with Gasteiger partial charge in [0.15, 0.2) is 0 Å². The fourth-order valence-electron chi connectivity index (χ4n) is 1.92. The topological polar surface area (TPSA) is 49.8 Å². The van der Waals surface area contributed by atoms with Crippen molar-refractivity contribution in [2.75, 3.05) is 24.2 Å². The smallest absolute Gasteiger partial charge is 0.136 e. The van der Waals surface area contributed by atoms with Gasteiger partial charge in [0.1, 0.15) is 17.5 Å². The van der Waals surface area contributed by atoms with Gasteiger partial charge in [0.05, 0.1) is 0 Å². The standard InChI is InChI=1S/C15H26N4/c1-6-15(3,4)9-17-13-10(2)12(16-5)18-14(19-13)11-7-8-11/h11H,6-9H2,1-5H3,(H2,16,17,18,19). The van der Waals surface area contributed by atoms with Crippen LogP contribution < -0.4 is 10.6 Å². The summed E-state index contributed by atoms with van der Waals surface area (Å²) >= 11 is 0. The Bertz CT molecular complexity index is 450. The first-order valence-corrected chi connectivity index (χ1v) is 7.27. The zero-order valence-electron chi connectivity index (χ0n) is 12.8. The van der Waals surface area contributed by atoms with E-state index < -0.39 is 0 Å². The van der Waals surface area contributed by atoms with Crippen LogP contribution in [0.2, 0.25) is 0 Å². The Kier molecular flexibility index (Phi) is 3.97. The summed E-state index contributed by atoms with van der Waals surface area (Å²) < 4.78 is 0. The van der Waals surface area contributed by atoms with Crippen molar-refractivity contribution in [1.29, 1.82) is 0 Å². The average Bonchev–Trinajstić information content (AvgIpc) is 3.22. The van der Waals surface area contributed by atoms with Crippen LogP contribution in [-0.2, 0) is 0 Å². The average molecular weight is 262 g/mol. The van der Waals surface area contributed by atoms with E-state index >= 15 is 0 Å². The Morgan fingerprint density at radius 3 is 2.37 bits per heavy atom. The highest BCUT2D eigenvalue weighted by molar-refractivity contribution is 5.57. The molecule has 4 heteroatoms. The van der Waals surface area contributed by atoms with E-state index in [1.54, 1.807) is 0 Å². The zero-order chi connectivity index (χ0) is 14.0. The van der Waals surface area contributed by atoms with E-state index in [-0.39, 0.29) is 5.41 Å². The molecule has 0 unspecified atom stereocenters. The van der Waals surface area contributed by atoms with Crippen molar-refractivity contribution in [3.63, 3.8) is 0 Å². The monoisotopic (exact) mass is 262 g/mol. The molecule has 0 saturated heterocycles. The second-order valence-electron chi connectivity index (χ2n) is 6.30. The van der Waals surface area contributed by atoms with Crippen molar-refractivity contribution in [3.05, 3.63) is 11.4 Å². The molecule has 0 bridgehead atoms. The molecule has 1 fully saturated rings. The lowest BCUT2D eigenvalue weighted by Gasteiger charge is -2.24. The van der Waals surface area contributed by atoms with Gasteiger partial charge in [-0.1, -0.05) is 20.8 Å². The van der Waals surface area contributed by atoms with Gasteiger partial charge < -0.3 is 10.6 Å². The van der Waals surface area contributed by atoms with E-state index in [0.29, 0.717) is 5.92 Å². The summed E-state index contributed by atoms with van der Waals surface area (Å²) in [4.78, 5) is 9.33. The third-order valence-electron chi connectivity index (χ3n) is 4.03. The van der Waals surface area contributed by atoms with Crippen LogP contribution >= 0.6 is 0 Å². The van der Waals surface area contributed by atoms with Gasteiger partial charge in [-0.3, -0.25) is 0 Å². The zero-order valence-corrected chi connectivity index (χ0v) is 12.8. The predicted octanol–water partition coefficient (Wildman–Crippen LogP) is 3.55. The van der Waals surface area contributed by atoms with Crippen molar-refractivity contribution in [3.8, 4) is 0 Å². The van der Waals surface area contributed by atoms with Crippen molar-refractivity contribution in [2.45, 2.75) is 52.9 Å². The molecule has 19 heavy (non-hydrogen) atoms. The second kappa shape index (κ2) is 5.35. The molecule has 0 atom stereocenters. The van der Waals surface area contributed by atoms with Crippen molar-refractivity contribution in [2.24, 2.45) is 5.41 Å². The van der Waals surface area contributed by atoms with Gasteiger partial charge in [-0.05, 0) is 31.6 Å². The quantitative estimate of drug-likeness (QED) is 0.823. The highest BCUT2D eigenvalue weighted by atomic mass is 15.1. The van der Waals surface area contributed by atoms with Crippen LogP contribution in [0.25, 0.3) is 0 Å². The van der Waals surface area contributed by atoms with Gasteiger partial charge >= 0.3 is 0 Å². The van der Waals surface area contributed by atoms with E-state index in [9.17, 15) is 0 Å². The first-order valence-electron chi connectivity index (χ1n) is 7.27. The number of hydrogen-bond acceptors (Lipinski definition) is 4. The SMILES string of the molecule is CCC(C)(C)CNc1nc(C2CC2)nc(NC)c1C. The molecular formula is C15H26N4. The molecular weight excluding hydrogens is 236 g/mol. The number of aromatic nitrogens is 2. The maximum absolute atomic E-state index is 4.72. The summed E-state index contributed by atoms with van der Waals surface area (Å²) in [7, 11) is 1.92. The Hall–Kier alpha value is -1.32. The normalized spacial score (nSPS) is 15.4. The fourth-order valence-corrected chi connectivity index (χ4v) is 1.92. The van der Waals surface area contributed by atoms with Gasteiger partial charge in [0.2, 0.25) is 0 Å².